The lowest BCUT2D eigenvalue weighted by atomic mass is 10.2. The van der Waals surface area contributed by atoms with Crippen molar-refractivity contribution in [3.63, 3.8) is 0 Å². The average Bonchev–Trinajstić information content (AvgIpc) is 1.59. The molecule has 1 radical (unpaired) electrons. The lowest BCUT2D eigenvalue weighted by molar-refractivity contribution is 0.468. The van der Waals surface area contributed by atoms with Gasteiger partial charge in [0.2, 0.25) is 0 Å². The van der Waals surface area contributed by atoms with Crippen LogP contribution in [0.4, 0.5) is 0 Å². The van der Waals surface area contributed by atoms with Gasteiger partial charge in [-0.3, -0.25) is 4.55 Å². The summed E-state index contributed by atoms with van der Waals surface area (Å²) in [6.45, 7) is 3.72. The second-order valence-electron chi connectivity index (χ2n) is 2.00. The molecule has 55 valence electrons. The maximum atomic E-state index is 9.97. The van der Waals surface area contributed by atoms with Gasteiger partial charge in [-0.1, -0.05) is 13.8 Å². The van der Waals surface area contributed by atoms with E-state index in [1.54, 1.807) is 13.8 Å². The number of hydrogen-bond acceptors (Lipinski definition) is 2. The lowest BCUT2D eigenvalue weighted by Gasteiger charge is -2.01. The molecule has 9 heavy (non-hydrogen) atoms. The van der Waals surface area contributed by atoms with Crippen LogP contribution in [0.2, 0.25) is 0 Å². The molecule has 0 aromatic heterocycles. The van der Waals surface area contributed by atoms with Crippen LogP contribution in [-0.2, 0) is 10.3 Å². The molecule has 0 aliphatic heterocycles. The zero-order chi connectivity index (χ0) is 7.49. The van der Waals surface area contributed by atoms with E-state index in [2.05, 4.69) is 0 Å². The Morgan fingerprint density at radius 2 is 2.00 bits per heavy atom. The second-order valence-corrected chi connectivity index (χ2v) is 3.24. The highest BCUT2D eigenvalue weighted by Crippen LogP contribution is 1.90. The minimum atomic E-state index is -3.99. The molecule has 0 saturated heterocycles. The van der Waals surface area contributed by atoms with Gasteiger partial charge < -0.3 is 0 Å². The van der Waals surface area contributed by atoms with Crippen molar-refractivity contribution < 1.29 is 13.0 Å². The molecule has 0 atom stereocenters. The maximum absolute atomic E-state index is 9.97. The highest BCUT2D eigenvalue weighted by atomic mass is 32.2. The molecular weight excluding hydrogens is 142 g/mol. The third kappa shape index (κ3) is 7.87. The third-order valence-corrected chi connectivity index (χ3v) is 1.12. The van der Waals surface area contributed by atoms with Crippen molar-refractivity contribution in [3.8, 4) is 0 Å². The second kappa shape index (κ2) is 3.14. The largest absolute Gasteiger partial charge is 0.333 e. The summed E-state index contributed by atoms with van der Waals surface area (Å²) >= 11 is 0. The fourth-order valence-corrected chi connectivity index (χ4v) is 0.707. The van der Waals surface area contributed by atoms with Crippen molar-refractivity contribution in [2.75, 3.05) is 6.54 Å². The Hall–Kier alpha value is -0.130. The molecule has 0 bridgehead atoms. The van der Waals surface area contributed by atoms with Gasteiger partial charge in [0.05, 0.1) is 0 Å². The van der Waals surface area contributed by atoms with Gasteiger partial charge in [0.1, 0.15) is 0 Å². The van der Waals surface area contributed by atoms with E-state index in [9.17, 15) is 8.42 Å². The van der Waals surface area contributed by atoms with Crippen molar-refractivity contribution in [2.24, 2.45) is 0 Å². The Kier molecular flexibility index (Phi) is 3.10. The van der Waals surface area contributed by atoms with Crippen molar-refractivity contribution >= 4 is 10.3 Å². The molecule has 0 aromatic carbocycles. The van der Waals surface area contributed by atoms with Crippen LogP contribution in [0.25, 0.3) is 0 Å². The summed E-state index contributed by atoms with van der Waals surface area (Å²) in [6, 6.07) is 0. The molecule has 0 amide bonds. The van der Waals surface area contributed by atoms with E-state index in [1.165, 1.54) is 0 Å². The minimum absolute atomic E-state index is 0.193. The van der Waals surface area contributed by atoms with Crippen LogP contribution in [0.3, 0.4) is 0 Å². The summed E-state index contributed by atoms with van der Waals surface area (Å²) in [5, 5.41) is 0. The SMILES string of the molecule is C[C](C)CNS(=O)(=O)O. The smallest absolute Gasteiger partial charge is 0.273 e. The van der Waals surface area contributed by atoms with Gasteiger partial charge in [0.25, 0.3) is 0 Å². The molecule has 0 spiro atoms. The fourth-order valence-electron chi connectivity index (χ4n) is 0.236. The Morgan fingerprint density at radius 1 is 1.56 bits per heavy atom. The number of nitrogens with one attached hydrogen (secondary N) is 1. The predicted molar refractivity (Wildman–Crippen MR) is 34.1 cm³/mol. The molecule has 4 nitrogen and oxygen atoms in total. The van der Waals surface area contributed by atoms with Crippen molar-refractivity contribution in [1.29, 1.82) is 0 Å². The summed E-state index contributed by atoms with van der Waals surface area (Å²) in [5.74, 6) is 0.896. The fraction of sp³-hybridized carbons (Fsp3) is 0.750. The Balaban J connectivity index is 3.53. The average molecular weight is 152 g/mol. The van der Waals surface area contributed by atoms with Gasteiger partial charge in [-0.15, -0.1) is 0 Å². The molecule has 0 aliphatic rings. The van der Waals surface area contributed by atoms with E-state index in [-0.39, 0.29) is 6.54 Å². The van der Waals surface area contributed by atoms with Crippen LogP contribution >= 0.6 is 0 Å². The van der Waals surface area contributed by atoms with Gasteiger partial charge >= 0.3 is 10.3 Å². The first-order valence-electron chi connectivity index (χ1n) is 2.43. The summed E-state index contributed by atoms with van der Waals surface area (Å²) in [4.78, 5) is 0. The molecule has 0 aromatic rings. The van der Waals surface area contributed by atoms with E-state index in [4.69, 9.17) is 4.55 Å². The molecular formula is C4H10NO3S. The zero-order valence-electron chi connectivity index (χ0n) is 5.38. The summed E-state index contributed by atoms with van der Waals surface area (Å²) in [5.41, 5.74) is 0. The minimum Gasteiger partial charge on any atom is -0.273 e. The summed E-state index contributed by atoms with van der Waals surface area (Å²) in [7, 11) is -3.99. The maximum Gasteiger partial charge on any atom is 0.333 e. The van der Waals surface area contributed by atoms with E-state index in [0.29, 0.717) is 0 Å². The monoisotopic (exact) mass is 152 g/mol. The van der Waals surface area contributed by atoms with Crippen molar-refractivity contribution in [3.05, 3.63) is 5.92 Å². The van der Waals surface area contributed by atoms with E-state index < -0.39 is 10.3 Å². The Bertz CT molecular complexity index is 161. The molecule has 0 aliphatic carbocycles. The lowest BCUT2D eigenvalue weighted by Crippen LogP contribution is -2.25. The predicted octanol–water partition coefficient (Wildman–Crippen LogP) is -0.00691. The van der Waals surface area contributed by atoms with Gasteiger partial charge in [0.15, 0.2) is 0 Å². The van der Waals surface area contributed by atoms with E-state index >= 15 is 0 Å². The summed E-state index contributed by atoms with van der Waals surface area (Å²) in [6.07, 6.45) is 0. The zero-order valence-corrected chi connectivity index (χ0v) is 6.20. The normalized spacial score (nSPS) is 12.4. The first kappa shape index (κ1) is 8.87. The molecule has 5 heteroatoms. The van der Waals surface area contributed by atoms with Crippen LogP contribution in [0, 0.1) is 5.92 Å². The topological polar surface area (TPSA) is 66.4 Å². The highest BCUT2D eigenvalue weighted by molar-refractivity contribution is 7.83. The van der Waals surface area contributed by atoms with E-state index in [1.807, 2.05) is 4.72 Å². The first-order chi connectivity index (χ1) is 3.92. The molecule has 0 unspecified atom stereocenters. The highest BCUT2D eigenvalue weighted by Gasteiger charge is 2.02. The number of hydrogen-bond donors (Lipinski definition) is 2. The van der Waals surface area contributed by atoms with Crippen molar-refractivity contribution in [1.82, 2.24) is 4.72 Å². The van der Waals surface area contributed by atoms with Crippen molar-refractivity contribution in [2.45, 2.75) is 13.8 Å². The van der Waals surface area contributed by atoms with Gasteiger partial charge in [0, 0.05) is 6.54 Å². The number of rotatable bonds is 3. The Labute approximate surface area is 55.1 Å². The molecule has 2 N–H and O–H groups in total. The van der Waals surface area contributed by atoms with Crippen LogP contribution in [-0.4, -0.2) is 19.5 Å². The molecule has 0 saturated carbocycles. The third-order valence-electron chi connectivity index (χ3n) is 0.608. The van der Waals surface area contributed by atoms with Crippen LogP contribution in [0.15, 0.2) is 0 Å². The van der Waals surface area contributed by atoms with Gasteiger partial charge in [-0.25, -0.2) is 0 Å². The standard InChI is InChI=1S/C4H10NO3S/c1-4(2)3-5-9(6,7)8/h5H,3H2,1-2H3,(H,6,7,8). The molecule has 0 fully saturated rings. The van der Waals surface area contributed by atoms with Crippen LogP contribution < -0.4 is 4.72 Å². The van der Waals surface area contributed by atoms with Crippen LogP contribution in [0.5, 0.6) is 0 Å². The molecule has 0 rings (SSSR count). The molecule has 0 heterocycles. The first-order valence-corrected chi connectivity index (χ1v) is 3.87. The van der Waals surface area contributed by atoms with Gasteiger partial charge in [-0.2, -0.15) is 13.1 Å². The Morgan fingerprint density at radius 3 is 2.11 bits per heavy atom. The van der Waals surface area contributed by atoms with E-state index in [0.717, 1.165) is 5.92 Å². The van der Waals surface area contributed by atoms with Gasteiger partial charge in [-0.05, 0) is 5.92 Å². The summed E-state index contributed by atoms with van der Waals surface area (Å²) < 4.78 is 30.0. The quantitative estimate of drug-likeness (QED) is 0.559. The van der Waals surface area contributed by atoms with Crippen LogP contribution in [0.1, 0.15) is 13.8 Å².